The van der Waals surface area contributed by atoms with Crippen molar-refractivity contribution in [1.29, 1.82) is 0 Å². The predicted molar refractivity (Wildman–Crippen MR) is 147 cm³/mol. The summed E-state index contributed by atoms with van der Waals surface area (Å²) in [7, 11) is 0. The van der Waals surface area contributed by atoms with Crippen molar-refractivity contribution in [2.24, 2.45) is 11.7 Å². The van der Waals surface area contributed by atoms with Crippen LogP contribution in [0.25, 0.3) is 10.9 Å². The lowest BCUT2D eigenvalue weighted by molar-refractivity contribution is -0.147. The Morgan fingerprint density at radius 3 is 2.20 bits per heavy atom. The first-order chi connectivity index (χ1) is 19.4. The van der Waals surface area contributed by atoms with Gasteiger partial charge in [-0.1, -0.05) is 32.0 Å². The number of hydrogen-bond acceptors (Lipinski definition) is 7. The van der Waals surface area contributed by atoms with Crippen LogP contribution in [0.2, 0.25) is 0 Å². The number of amides is 3. The number of fused-ring (bicyclic) bond motifs is 1. The summed E-state index contributed by atoms with van der Waals surface area (Å²) in [5.41, 5.74) is 8.14. The van der Waals surface area contributed by atoms with E-state index in [1.807, 2.05) is 32.0 Å². The maximum absolute atomic E-state index is 13.5. The lowest BCUT2D eigenvalue weighted by atomic mass is 10.00. The molecule has 0 radical (unpaired) electrons. The number of carboxylic acids is 2. The molecule has 0 saturated carbocycles. The van der Waals surface area contributed by atoms with Crippen molar-refractivity contribution >= 4 is 40.6 Å². The number of aliphatic carboxylic acids is 2. The molecule has 220 valence electrons. The molecule has 0 aliphatic rings. The fraction of sp³-hybridized carbons (Fsp3) is 0.407. The fourth-order valence-corrected chi connectivity index (χ4v) is 4.36. The SMILES string of the molecule is CC(C)CC(NC(=O)C(N)Cc1cnc[nH]1)C(=O)NC(Cc1c[nH]c2ccccc12)C(=O)NC(CC(=O)O)C(=O)O. The van der Waals surface area contributed by atoms with Crippen LogP contribution in [-0.2, 0) is 36.8 Å². The number of H-pyrrole nitrogens is 2. The highest BCUT2D eigenvalue weighted by molar-refractivity contribution is 5.95. The molecule has 0 spiro atoms. The Hall–Kier alpha value is -4.72. The maximum atomic E-state index is 13.5. The van der Waals surface area contributed by atoms with E-state index in [1.165, 1.54) is 12.5 Å². The van der Waals surface area contributed by atoms with Gasteiger partial charge in [0.25, 0.3) is 0 Å². The van der Waals surface area contributed by atoms with Gasteiger partial charge in [0.15, 0.2) is 0 Å². The quantitative estimate of drug-likeness (QED) is 0.123. The molecule has 9 N–H and O–H groups in total. The highest BCUT2D eigenvalue weighted by atomic mass is 16.4. The van der Waals surface area contributed by atoms with E-state index in [0.717, 1.165) is 10.9 Å². The second-order valence-corrected chi connectivity index (χ2v) is 10.2. The average Bonchev–Trinajstić information content (AvgIpc) is 3.56. The first-order valence-corrected chi connectivity index (χ1v) is 13.1. The third-order valence-corrected chi connectivity index (χ3v) is 6.40. The van der Waals surface area contributed by atoms with Crippen molar-refractivity contribution in [3.63, 3.8) is 0 Å². The summed E-state index contributed by atoms with van der Waals surface area (Å²) in [5.74, 6) is -5.11. The number of rotatable bonds is 15. The summed E-state index contributed by atoms with van der Waals surface area (Å²) in [4.78, 5) is 72.2. The van der Waals surface area contributed by atoms with Gasteiger partial charge < -0.3 is 41.9 Å². The van der Waals surface area contributed by atoms with Gasteiger partial charge >= 0.3 is 11.9 Å². The van der Waals surface area contributed by atoms with Crippen molar-refractivity contribution in [2.45, 2.75) is 63.7 Å². The normalized spacial score (nSPS) is 14.1. The minimum absolute atomic E-state index is 0.0252. The first-order valence-electron chi connectivity index (χ1n) is 13.1. The lowest BCUT2D eigenvalue weighted by Crippen LogP contribution is -2.58. The summed E-state index contributed by atoms with van der Waals surface area (Å²) in [6.45, 7) is 3.72. The number of benzene rings is 1. The van der Waals surface area contributed by atoms with Gasteiger partial charge in [0.05, 0.1) is 18.8 Å². The second kappa shape index (κ2) is 14.1. The maximum Gasteiger partial charge on any atom is 0.326 e. The van der Waals surface area contributed by atoms with Gasteiger partial charge in [0.2, 0.25) is 17.7 Å². The Labute approximate surface area is 235 Å². The zero-order valence-corrected chi connectivity index (χ0v) is 22.7. The first kappa shape index (κ1) is 30.8. The number of nitrogens with zero attached hydrogens (tertiary/aromatic N) is 1. The predicted octanol–water partition coefficient (Wildman–Crippen LogP) is 0.0633. The zero-order valence-electron chi connectivity index (χ0n) is 22.7. The number of para-hydroxylation sites is 1. The van der Waals surface area contributed by atoms with E-state index in [4.69, 9.17) is 10.8 Å². The molecule has 4 atom stereocenters. The Balaban J connectivity index is 1.82. The monoisotopic (exact) mass is 569 g/mol. The van der Waals surface area contributed by atoms with Gasteiger partial charge in [-0.3, -0.25) is 19.2 Å². The van der Waals surface area contributed by atoms with E-state index in [-0.39, 0.29) is 25.2 Å². The number of nitrogens with two attached hydrogens (primary N) is 1. The van der Waals surface area contributed by atoms with Crippen LogP contribution in [0.1, 0.15) is 37.9 Å². The Kier molecular flexibility index (Phi) is 10.6. The van der Waals surface area contributed by atoms with Gasteiger partial charge in [-0.2, -0.15) is 0 Å². The van der Waals surface area contributed by atoms with Crippen LogP contribution in [0.4, 0.5) is 0 Å². The standard InChI is InChI=1S/C27H35N7O7/c1-14(2)7-20(32-24(37)18(28)9-16-12-29-13-31-16)25(38)33-21(26(39)34-22(27(40)41)10-23(35)36)8-15-11-30-19-6-4-3-5-17(15)19/h3-6,11-14,18,20-22,30H,7-10,28H2,1-2H3,(H,29,31)(H,32,37)(H,33,38)(H,34,39)(H,35,36)(H,40,41). The van der Waals surface area contributed by atoms with Crippen LogP contribution in [0.3, 0.4) is 0 Å². The van der Waals surface area contributed by atoms with Crippen LogP contribution >= 0.6 is 0 Å². The molecular weight excluding hydrogens is 534 g/mol. The summed E-state index contributed by atoms with van der Waals surface area (Å²) < 4.78 is 0. The van der Waals surface area contributed by atoms with Gasteiger partial charge in [-0.25, -0.2) is 9.78 Å². The summed E-state index contributed by atoms with van der Waals surface area (Å²) >= 11 is 0. The third-order valence-electron chi connectivity index (χ3n) is 6.40. The molecule has 14 heteroatoms. The van der Waals surface area contributed by atoms with E-state index in [9.17, 15) is 29.1 Å². The van der Waals surface area contributed by atoms with Crippen molar-refractivity contribution in [3.8, 4) is 0 Å². The van der Waals surface area contributed by atoms with Crippen LogP contribution in [0.15, 0.2) is 43.0 Å². The smallest absolute Gasteiger partial charge is 0.326 e. The molecule has 0 fully saturated rings. The molecule has 14 nitrogen and oxygen atoms in total. The highest BCUT2D eigenvalue weighted by Crippen LogP contribution is 2.19. The van der Waals surface area contributed by atoms with Crippen LogP contribution in [0.5, 0.6) is 0 Å². The highest BCUT2D eigenvalue weighted by Gasteiger charge is 2.32. The van der Waals surface area contributed by atoms with Gasteiger partial charge in [-0.05, 0) is 24.0 Å². The Morgan fingerprint density at radius 2 is 1.56 bits per heavy atom. The topological polar surface area (TPSA) is 232 Å². The molecule has 0 bridgehead atoms. The molecule has 0 saturated heterocycles. The van der Waals surface area contributed by atoms with E-state index < -0.39 is 60.2 Å². The van der Waals surface area contributed by atoms with E-state index >= 15 is 0 Å². The molecule has 1 aromatic carbocycles. The average molecular weight is 570 g/mol. The van der Waals surface area contributed by atoms with Gasteiger partial charge in [0, 0.05) is 41.8 Å². The Bertz CT molecular complexity index is 1370. The number of carboxylic acid groups (broad SMARTS) is 2. The summed E-state index contributed by atoms with van der Waals surface area (Å²) in [5, 5.41) is 26.8. The molecule has 4 unspecified atom stereocenters. The molecule has 41 heavy (non-hydrogen) atoms. The largest absolute Gasteiger partial charge is 0.481 e. The van der Waals surface area contributed by atoms with Gasteiger partial charge in [-0.15, -0.1) is 0 Å². The number of aromatic amines is 2. The third kappa shape index (κ3) is 8.89. The molecule has 3 amide bonds. The minimum Gasteiger partial charge on any atom is -0.481 e. The molecule has 0 aliphatic carbocycles. The van der Waals surface area contributed by atoms with E-state index in [0.29, 0.717) is 11.3 Å². The number of aromatic nitrogens is 3. The van der Waals surface area contributed by atoms with Crippen LogP contribution in [-0.4, -0.2) is 79.0 Å². The number of carbonyl (C=O) groups excluding carboxylic acids is 3. The van der Waals surface area contributed by atoms with Crippen molar-refractivity contribution in [1.82, 2.24) is 30.9 Å². The number of imidazole rings is 1. The number of nitrogens with one attached hydrogen (secondary N) is 5. The number of carbonyl (C=O) groups is 5. The van der Waals surface area contributed by atoms with Crippen LogP contribution < -0.4 is 21.7 Å². The van der Waals surface area contributed by atoms with E-state index in [1.54, 1.807) is 12.3 Å². The minimum atomic E-state index is -1.71. The Morgan fingerprint density at radius 1 is 0.902 bits per heavy atom. The molecule has 2 heterocycles. The molecule has 3 aromatic rings. The second-order valence-electron chi connectivity index (χ2n) is 10.2. The lowest BCUT2D eigenvalue weighted by Gasteiger charge is -2.26. The summed E-state index contributed by atoms with van der Waals surface area (Å²) in [6.07, 6.45) is 4.16. The van der Waals surface area contributed by atoms with Crippen molar-refractivity contribution in [2.75, 3.05) is 0 Å². The van der Waals surface area contributed by atoms with Crippen LogP contribution in [0, 0.1) is 5.92 Å². The van der Waals surface area contributed by atoms with Crippen molar-refractivity contribution in [3.05, 3.63) is 54.2 Å². The summed E-state index contributed by atoms with van der Waals surface area (Å²) in [6, 6.07) is 2.26. The number of hydrogen-bond donors (Lipinski definition) is 8. The molecule has 3 rings (SSSR count). The molecular formula is C27H35N7O7. The zero-order chi connectivity index (χ0) is 30.1. The molecule has 0 aliphatic heterocycles. The van der Waals surface area contributed by atoms with E-state index in [2.05, 4.69) is 30.9 Å². The van der Waals surface area contributed by atoms with Crippen molar-refractivity contribution < 1.29 is 34.2 Å². The molecule has 2 aromatic heterocycles. The van der Waals surface area contributed by atoms with Gasteiger partial charge in [0.1, 0.15) is 18.1 Å². The fourth-order valence-electron chi connectivity index (χ4n) is 4.36.